The maximum atomic E-state index is 13.2. The second kappa shape index (κ2) is 5.56. The van der Waals surface area contributed by atoms with Crippen molar-refractivity contribution in [2.45, 2.75) is 23.0 Å². The Labute approximate surface area is 140 Å². The first-order valence-electron chi connectivity index (χ1n) is 7.37. The maximum absolute atomic E-state index is 13.2. The van der Waals surface area contributed by atoms with Gasteiger partial charge in [-0.1, -0.05) is 42.0 Å². The minimum Gasteiger partial charge on any atom is -0.467 e. The number of Topliss-reactive ketones (excluding diaryl/α,β-unsaturated/α-hetero) is 1. The van der Waals surface area contributed by atoms with Crippen molar-refractivity contribution in [3.8, 4) is 0 Å². The molecule has 0 bridgehead atoms. The highest BCUT2D eigenvalue weighted by Crippen LogP contribution is 2.40. The second-order valence-corrected chi connectivity index (χ2v) is 7.97. The Kier molecular flexibility index (Phi) is 3.80. The molecule has 124 valence electrons. The van der Waals surface area contributed by atoms with Crippen LogP contribution in [0, 0.1) is 6.92 Å². The summed E-state index contributed by atoms with van der Waals surface area (Å²) in [7, 11) is -3.18. The number of ether oxygens (including phenoxy) is 1. The average molecular weight is 344 g/mol. The number of hydrogen-bond donors (Lipinski definition) is 0. The molecule has 0 spiro atoms. The zero-order chi connectivity index (χ0) is 17.5. The zero-order valence-corrected chi connectivity index (χ0v) is 14.1. The summed E-state index contributed by atoms with van der Waals surface area (Å²) in [5.74, 6) is -1.78. The molecule has 0 aliphatic heterocycles. The van der Waals surface area contributed by atoms with Crippen molar-refractivity contribution in [3.63, 3.8) is 0 Å². The Morgan fingerprint density at radius 1 is 1.08 bits per heavy atom. The summed E-state index contributed by atoms with van der Waals surface area (Å²) in [6.45, 7) is 1.82. The number of sulfone groups is 1. The van der Waals surface area contributed by atoms with Gasteiger partial charge in [0.1, 0.15) is 0 Å². The topological polar surface area (TPSA) is 77.5 Å². The van der Waals surface area contributed by atoms with E-state index in [1.165, 1.54) is 18.2 Å². The highest BCUT2D eigenvalue weighted by Gasteiger charge is 2.62. The lowest BCUT2D eigenvalue weighted by atomic mass is 10.0. The minimum absolute atomic E-state index is 0.0698. The van der Waals surface area contributed by atoms with Crippen LogP contribution in [0.4, 0.5) is 0 Å². The molecule has 0 aromatic heterocycles. The number of methoxy groups -OCH3 is 1. The lowest BCUT2D eigenvalue weighted by Gasteiger charge is -2.24. The molecule has 0 N–H and O–H groups in total. The molecule has 1 aliphatic rings. The molecule has 0 saturated carbocycles. The van der Waals surface area contributed by atoms with Crippen molar-refractivity contribution in [2.24, 2.45) is 0 Å². The van der Waals surface area contributed by atoms with Crippen molar-refractivity contribution < 1.29 is 22.7 Å². The van der Waals surface area contributed by atoms with Crippen molar-refractivity contribution >= 4 is 21.6 Å². The van der Waals surface area contributed by atoms with Crippen LogP contribution in [0.15, 0.2) is 53.4 Å². The summed E-state index contributed by atoms with van der Waals surface area (Å²) in [5.41, 5.74) is 1.66. The smallest absolute Gasteiger partial charge is 0.336 e. The van der Waals surface area contributed by atoms with Crippen LogP contribution in [0.25, 0.3) is 0 Å². The molecular weight excluding hydrogens is 328 g/mol. The first-order valence-corrected chi connectivity index (χ1v) is 8.85. The Hall–Kier alpha value is -2.47. The zero-order valence-electron chi connectivity index (χ0n) is 13.3. The molecule has 0 fully saturated rings. The summed E-state index contributed by atoms with van der Waals surface area (Å²) in [4.78, 5) is 25.3. The number of benzene rings is 2. The third-order valence-corrected chi connectivity index (χ3v) is 6.68. The van der Waals surface area contributed by atoms with E-state index in [4.69, 9.17) is 4.74 Å². The van der Waals surface area contributed by atoms with Crippen molar-refractivity contribution in [1.82, 2.24) is 0 Å². The molecule has 0 amide bonds. The van der Waals surface area contributed by atoms with E-state index in [1.54, 1.807) is 30.3 Å². The summed E-state index contributed by atoms with van der Waals surface area (Å²) >= 11 is 0. The van der Waals surface area contributed by atoms with Crippen LogP contribution in [-0.2, 0) is 25.8 Å². The van der Waals surface area contributed by atoms with Gasteiger partial charge in [0.25, 0.3) is 0 Å². The summed E-state index contributed by atoms with van der Waals surface area (Å²) < 4.78 is 28.9. The summed E-state index contributed by atoms with van der Waals surface area (Å²) in [6, 6.07) is 12.6. The monoisotopic (exact) mass is 344 g/mol. The van der Waals surface area contributed by atoms with E-state index in [0.29, 0.717) is 5.56 Å². The molecule has 24 heavy (non-hydrogen) atoms. The fraction of sp³-hybridized carbons (Fsp3) is 0.222. The number of ketones is 1. The van der Waals surface area contributed by atoms with Gasteiger partial charge in [-0.2, -0.15) is 0 Å². The Morgan fingerprint density at radius 2 is 1.71 bits per heavy atom. The van der Waals surface area contributed by atoms with Gasteiger partial charge in [-0.15, -0.1) is 0 Å². The second-order valence-electron chi connectivity index (χ2n) is 5.80. The number of carbonyl (C=O) groups excluding carboxylic acids is 2. The highest BCUT2D eigenvalue weighted by molar-refractivity contribution is 7.94. The number of carbonyl (C=O) groups is 2. The number of hydrogen-bond acceptors (Lipinski definition) is 5. The summed E-state index contributed by atoms with van der Waals surface area (Å²) in [5, 5.41) is 0. The predicted molar refractivity (Wildman–Crippen MR) is 87.6 cm³/mol. The van der Waals surface area contributed by atoms with Crippen LogP contribution >= 0.6 is 0 Å². The van der Waals surface area contributed by atoms with Gasteiger partial charge < -0.3 is 4.74 Å². The lowest BCUT2D eigenvalue weighted by molar-refractivity contribution is -0.142. The van der Waals surface area contributed by atoms with Crippen molar-refractivity contribution in [1.29, 1.82) is 0 Å². The number of fused-ring (bicyclic) bond motifs is 1. The molecule has 0 saturated heterocycles. The van der Waals surface area contributed by atoms with Crippen molar-refractivity contribution in [2.75, 3.05) is 7.11 Å². The van der Waals surface area contributed by atoms with Gasteiger partial charge in [-0.05, 0) is 24.6 Å². The number of rotatable bonds is 3. The van der Waals surface area contributed by atoms with Gasteiger partial charge in [-0.25, -0.2) is 13.2 Å². The van der Waals surface area contributed by atoms with E-state index in [2.05, 4.69) is 0 Å². The molecule has 0 radical (unpaired) electrons. The third-order valence-electron chi connectivity index (χ3n) is 4.37. The van der Waals surface area contributed by atoms with Crippen LogP contribution in [0.3, 0.4) is 0 Å². The lowest BCUT2D eigenvalue weighted by Crippen LogP contribution is -2.52. The average Bonchev–Trinajstić information content (AvgIpc) is 2.89. The molecule has 1 atom stereocenters. The SMILES string of the molecule is COC(=O)C1(S(=O)(=O)c2ccc(C)cc2)Cc2ccccc2C1=O. The largest absolute Gasteiger partial charge is 0.467 e. The Bertz CT molecular complexity index is 928. The van der Waals surface area contributed by atoms with Crippen LogP contribution in [-0.4, -0.2) is 32.0 Å². The van der Waals surface area contributed by atoms with Gasteiger partial charge in [0.15, 0.2) is 5.78 Å². The number of esters is 1. The molecule has 2 aromatic rings. The van der Waals surface area contributed by atoms with Crippen LogP contribution < -0.4 is 0 Å². The van der Waals surface area contributed by atoms with Gasteiger partial charge in [0, 0.05) is 12.0 Å². The molecule has 5 nitrogen and oxygen atoms in total. The van der Waals surface area contributed by atoms with E-state index in [0.717, 1.165) is 12.7 Å². The Morgan fingerprint density at radius 3 is 2.29 bits per heavy atom. The van der Waals surface area contributed by atoms with E-state index in [1.807, 2.05) is 6.92 Å². The Balaban J connectivity index is 2.25. The van der Waals surface area contributed by atoms with Gasteiger partial charge in [0.2, 0.25) is 14.6 Å². The standard InChI is InChI=1S/C18H16O5S/c1-12-7-9-14(10-8-12)24(21,22)18(17(20)23-2)11-13-5-3-4-6-15(13)16(18)19/h3-10H,11H2,1-2H3. The number of aryl methyl sites for hydroxylation is 1. The van der Waals surface area contributed by atoms with Gasteiger partial charge in [-0.3, -0.25) is 4.79 Å². The highest BCUT2D eigenvalue weighted by atomic mass is 32.2. The molecule has 6 heteroatoms. The maximum Gasteiger partial charge on any atom is 0.336 e. The van der Waals surface area contributed by atoms with Crippen molar-refractivity contribution in [3.05, 3.63) is 65.2 Å². The fourth-order valence-corrected chi connectivity index (χ4v) is 4.94. The van der Waals surface area contributed by atoms with Crippen LogP contribution in [0.5, 0.6) is 0 Å². The first-order chi connectivity index (χ1) is 11.3. The minimum atomic E-state index is -4.27. The van der Waals surface area contributed by atoms with Gasteiger partial charge >= 0.3 is 5.97 Å². The molecule has 2 aromatic carbocycles. The van der Waals surface area contributed by atoms with Gasteiger partial charge in [0.05, 0.1) is 12.0 Å². The quantitative estimate of drug-likeness (QED) is 0.629. The van der Waals surface area contributed by atoms with E-state index in [9.17, 15) is 18.0 Å². The molecule has 1 aliphatic carbocycles. The van der Waals surface area contributed by atoms with Crippen LogP contribution in [0.1, 0.15) is 21.5 Å². The summed E-state index contributed by atoms with van der Waals surface area (Å²) in [6.07, 6.45) is -0.217. The molecule has 1 unspecified atom stereocenters. The predicted octanol–water partition coefficient (Wildman–Crippen LogP) is 2.12. The molecular formula is C18H16O5S. The first kappa shape index (κ1) is 16.4. The third kappa shape index (κ3) is 2.10. The fourth-order valence-electron chi connectivity index (χ4n) is 3.04. The molecule has 0 heterocycles. The van der Waals surface area contributed by atoms with Crippen LogP contribution in [0.2, 0.25) is 0 Å². The normalized spacial score (nSPS) is 19.8. The molecule has 3 rings (SSSR count). The van der Waals surface area contributed by atoms with E-state index in [-0.39, 0.29) is 16.9 Å². The van der Waals surface area contributed by atoms with E-state index < -0.39 is 26.3 Å². The van der Waals surface area contributed by atoms with E-state index >= 15 is 0 Å².